The Morgan fingerprint density at radius 1 is 1.44 bits per heavy atom. The number of aliphatic hydroxyl groups is 2. The lowest BCUT2D eigenvalue weighted by molar-refractivity contribution is -0.0598. The first kappa shape index (κ1) is 15.2. The van der Waals surface area contributed by atoms with E-state index in [0.717, 1.165) is 0 Å². The first-order chi connectivity index (χ1) is 7.22. The van der Waals surface area contributed by atoms with Crippen molar-refractivity contribution < 1.29 is 19.7 Å². The van der Waals surface area contributed by atoms with Crippen LogP contribution in [0.15, 0.2) is 0 Å². The average Bonchev–Trinajstić information content (AvgIpc) is 2.08. The van der Waals surface area contributed by atoms with Crippen molar-refractivity contribution in [3.05, 3.63) is 0 Å². The maximum atomic E-state index is 11.2. The van der Waals surface area contributed by atoms with Gasteiger partial charge in [-0.1, -0.05) is 0 Å². The molecule has 0 unspecified atom stereocenters. The van der Waals surface area contributed by atoms with Crippen LogP contribution in [0.3, 0.4) is 0 Å². The van der Waals surface area contributed by atoms with Crippen LogP contribution >= 0.6 is 0 Å². The van der Waals surface area contributed by atoms with Crippen molar-refractivity contribution in [3.63, 3.8) is 0 Å². The average molecular weight is 234 g/mol. The van der Waals surface area contributed by atoms with E-state index >= 15 is 0 Å². The summed E-state index contributed by atoms with van der Waals surface area (Å²) in [7, 11) is 0. The number of hydrogen-bond donors (Lipinski definition) is 4. The number of aliphatic hydroxyl groups excluding tert-OH is 1. The summed E-state index contributed by atoms with van der Waals surface area (Å²) in [4.78, 5) is 11.2. The zero-order chi connectivity index (χ0) is 12.8. The highest BCUT2D eigenvalue weighted by atomic mass is 16.6. The molecule has 16 heavy (non-hydrogen) atoms. The fourth-order valence-electron chi connectivity index (χ4n) is 0.991. The second kappa shape index (κ2) is 6.67. The van der Waals surface area contributed by atoms with Gasteiger partial charge in [-0.3, -0.25) is 0 Å². The molecule has 0 aliphatic carbocycles. The number of carbonyl (C=O) groups is 1. The van der Waals surface area contributed by atoms with Crippen LogP contribution in [0, 0.1) is 0 Å². The van der Waals surface area contributed by atoms with E-state index in [2.05, 4.69) is 5.32 Å². The maximum absolute atomic E-state index is 11.2. The molecule has 0 aromatic rings. The summed E-state index contributed by atoms with van der Waals surface area (Å²) in [6.45, 7) is 5.75. The van der Waals surface area contributed by atoms with Gasteiger partial charge < -0.3 is 26.0 Å². The molecule has 1 atom stereocenters. The van der Waals surface area contributed by atoms with Crippen molar-refractivity contribution in [1.29, 1.82) is 0 Å². The first-order valence-corrected chi connectivity index (χ1v) is 5.31. The van der Waals surface area contributed by atoms with E-state index in [0.29, 0.717) is 19.4 Å². The van der Waals surface area contributed by atoms with Crippen molar-refractivity contribution in [1.82, 2.24) is 5.32 Å². The summed E-state index contributed by atoms with van der Waals surface area (Å²) in [5, 5.41) is 20.0. The highest BCUT2D eigenvalue weighted by Gasteiger charge is 2.16. The zero-order valence-corrected chi connectivity index (χ0v) is 10.1. The van der Waals surface area contributed by atoms with Crippen molar-refractivity contribution in [2.75, 3.05) is 6.54 Å². The van der Waals surface area contributed by atoms with Crippen LogP contribution in [0.2, 0.25) is 0 Å². The largest absolute Gasteiger partial charge is 0.444 e. The predicted molar refractivity (Wildman–Crippen MR) is 59.7 cm³/mol. The lowest BCUT2D eigenvalue weighted by atomic mass is 10.1. The number of amides is 1. The molecular weight excluding hydrogens is 212 g/mol. The lowest BCUT2D eigenvalue weighted by Crippen LogP contribution is -2.36. The Morgan fingerprint density at radius 2 is 2.00 bits per heavy atom. The second-order valence-electron chi connectivity index (χ2n) is 4.65. The van der Waals surface area contributed by atoms with Crippen LogP contribution in [-0.4, -0.2) is 40.8 Å². The molecule has 0 saturated heterocycles. The third kappa shape index (κ3) is 8.46. The topological polar surface area (TPSA) is 105 Å². The first-order valence-electron chi connectivity index (χ1n) is 5.31. The van der Waals surface area contributed by atoms with Crippen LogP contribution in [0.4, 0.5) is 4.79 Å². The molecule has 5 N–H and O–H groups in total. The van der Waals surface area contributed by atoms with Gasteiger partial charge >= 0.3 is 6.09 Å². The number of alkyl carbamates (subject to hydrolysis) is 1. The Balaban J connectivity index is 3.56. The van der Waals surface area contributed by atoms with Crippen molar-refractivity contribution >= 4 is 6.09 Å². The molecule has 0 saturated carbocycles. The highest BCUT2D eigenvalue weighted by Crippen LogP contribution is 2.06. The van der Waals surface area contributed by atoms with Gasteiger partial charge in [0.1, 0.15) is 5.60 Å². The molecule has 96 valence electrons. The highest BCUT2D eigenvalue weighted by molar-refractivity contribution is 5.67. The molecule has 0 bridgehead atoms. The Morgan fingerprint density at radius 3 is 2.44 bits per heavy atom. The van der Waals surface area contributed by atoms with Gasteiger partial charge in [-0.2, -0.15) is 0 Å². The summed E-state index contributed by atoms with van der Waals surface area (Å²) >= 11 is 0. The summed E-state index contributed by atoms with van der Waals surface area (Å²) in [5.41, 5.74) is 4.88. The minimum Gasteiger partial charge on any atom is -0.444 e. The van der Waals surface area contributed by atoms with E-state index < -0.39 is 24.0 Å². The minimum absolute atomic E-state index is 0.398. The molecule has 0 aliphatic rings. The third-order valence-corrected chi connectivity index (χ3v) is 1.77. The number of rotatable bonds is 5. The van der Waals surface area contributed by atoms with Gasteiger partial charge in [0.25, 0.3) is 0 Å². The van der Waals surface area contributed by atoms with Gasteiger partial charge in [-0.15, -0.1) is 0 Å². The molecule has 0 spiro atoms. The molecule has 0 fully saturated rings. The van der Waals surface area contributed by atoms with E-state index in [9.17, 15) is 4.79 Å². The van der Waals surface area contributed by atoms with Crippen molar-refractivity contribution in [2.45, 2.75) is 51.5 Å². The third-order valence-electron chi connectivity index (χ3n) is 1.77. The molecule has 6 nitrogen and oxygen atoms in total. The van der Waals surface area contributed by atoms with Gasteiger partial charge in [-0.25, -0.2) is 4.79 Å². The van der Waals surface area contributed by atoms with Crippen LogP contribution in [0.25, 0.3) is 0 Å². The van der Waals surface area contributed by atoms with Gasteiger partial charge in [-0.05, 0) is 33.6 Å². The van der Waals surface area contributed by atoms with E-state index in [-0.39, 0.29) is 0 Å². The Kier molecular flexibility index (Phi) is 6.32. The fraction of sp³-hybridized carbons (Fsp3) is 0.900. The molecule has 0 aliphatic heterocycles. The molecule has 0 radical (unpaired) electrons. The summed E-state index contributed by atoms with van der Waals surface area (Å²) in [6, 6.07) is -0.680. The molecule has 0 heterocycles. The summed E-state index contributed by atoms with van der Waals surface area (Å²) in [5.74, 6) is 0. The number of hydrogen-bond acceptors (Lipinski definition) is 5. The fourth-order valence-corrected chi connectivity index (χ4v) is 0.991. The van der Waals surface area contributed by atoms with Gasteiger partial charge in [0.05, 0.1) is 6.04 Å². The molecular formula is C10H22N2O4. The van der Waals surface area contributed by atoms with Gasteiger partial charge in [0, 0.05) is 6.54 Å². The van der Waals surface area contributed by atoms with E-state index in [1.54, 1.807) is 20.8 Å². The number of carbonyl (C=O) groups excluding carboxylic acids is 1. The van der Waals surface area contributed by atoms with E-state index in [1.165, 1.54) is 0 Å². The number of ether oxygens (including phenoxy) is 1. The van der Waals surface area contributed by atoms with E-state index in [4.69, 9.17) is 20.7 Å². The van der Waals surface area contributed by atoms with Gasteiger partial charge in [0.2, 0.25) is 0 Å². The molecule has 0 aromatic heterocycles. The van der Waals surface area contributed by atoms with Crippen LogP contribution in [0.1, 0.15) is 33.6 Å². The monoisotopic (exact) mass is 234 g/mol. The normalized spacial score (nSPS) is 13.7. The lowest BCUT2D eigenvalue weighted by Gasteiger charge is -2.20. The Hall–Kier alpha value is -0.850. The predicted octanol–water partition coefficient (Wildman–Crippen LogP) is -0.0707. The SMILES string of the molecule is CC(C)(C)OC(=O)NCCC[C@H](N)C(O)O. The second-order valence-corrected chi connectivity index (χ2v) is 4.65. The van der Waals surface area contributed by atoms with E-state index in [1.807, 2.05) is 0 Å². The summed E-state index contributed by atoms with van der Waals surface area (Å²) in [6.07, 6.45) is -1.00. The Labute approximate surface area is 95.8 Å². The zero-order valence-electron chi connectivity index (χ0n) is 10.1. The minimum atomic E-state index is -1.51. The van der Waals surface area contributed by atoms with Crippen molar-refractivity contribution in [2.24, 2.45) is 5.73 Å². The molecule has 0 aromatic carbocycles. The van der Waals surface area contributed by atoms with Crippen LogP contribution < -0.4 is 11.1 Å². The smallest absolute Gasteiger partial charge is 0.407 e. The number of nitrogens with two attached hydrogens (primary N) is 1. The molecule has 0 rings (SSSR count). The maximum Gasteiger partial charge on any atom is 0.407 e. The van der Waals surface area contributed by atoms with Gasteiger partial charge in [0.15, 0.2) is 6.29 Å². The standard InChI is InChI=1S/C10H22N2O4/c1-10(2,3)16-9(15)12-6-4-5-7(11)8(13)14/h7-8,13-14H,4-6,11H2,1-3H3,(H,12,15)/t7-/m0/s1. The van der Waals surface area contributed by atoms with Crippen LogP contribution in [-0.2, 0) is 4.74 Å². The molecule has 6 heteroatoms. The quantitative estimate of drug-likeness (QED) is 0.393. The summed E-state index contributed by atoms with van der Waals surface area (Å²) < 4.78 is 5.01. The Bertz CT molecular complexity index is 213. The number of nitrogens with one attached hydrogen (secondary N) is 1. The van der Waals surface area contributed by atoms with Crippen LogP contribution in [0.5, 0.6) is 0 Å². The molecule has 1 amide bonds. The van der Waals surface area contributed by atoms with Crippen molar-refractivity contribution in [3.8, 4) is 0 Å².